The molecule has 0 N–H and O–H groups in total. The first-order chi connectivity index (χ1) is 15.3. The van der Waals surface area contributed by atoms with Crippen LogP contribution in [0, 0.1) is 34.5 Å². The molecule has 5 fully saturated rings. The van der Waals surface area contributed by atoms with Crippen LogP contribution in [0.25, 0.3) is 0 Å². The second kappa shape index (κ2) is 8.27. The Morgan fingerprint density at radius 1 is 0.970 bits per heavy atom. The largest absolute Gasteiger partial charge is 0.465 e. The van der Waals surface area contributed by atoms with Gasteiger partial charge in [-0.25, -0.2) is 0 Å². The zero-order valence-electron chi connectivity index (χ0n) is 21.3. The molecule has 0 aromatic rings. The van der Waals surface area contributed by atoms with E-state index < -0.39 is 16.4 Å². The Bertz CT molecular complexity index is 787. The molecule has 2 atom stereocenters. The van der Waals surface area contributed by atoms with Crippen molar-refractivity contribution in [3.05, 3.63) is 0 Å². The maximum Gasteiger partial charge on any atom is 0.312 e. The molecule has 0 aromatic carbocycles. The fourth-order valence-corrected chi connectivity index (χ4v) is 7.27. The zero-order valence-corrected chi connectivity index (χ0v) is 21.3. The molecular formula is C27H42O6. The highest BCUT2D eigenvalue weighted by atomic mass is 16.6. The van der Waals surface area contributed by atoms with Crippen molar-refractivity contribution < 1.29 is 28.6 Å². The number of carbonyl (C=O) groups excluding carboxylic acids is 3. The lowest BCUT2D eigenvalue weighted by atomic mass is 9.50. The van der Waals surface area contributed by atoms with Gasteiger partial charge in [-0.3, -0.25) is 14.4 Å². The smallest absolute Gasteiger partial charge is 0.312 e. The Hall–Kier alpha value is -1.59. The number of hydrogen-bond donors (Lipinski definition) is 0. The van der Waals surface area contributed by atoms with Crippen LogP contribution in [-0.4, -0.2) is 35.7 Å². The first-order valence-corrected chi connectivity index (χ1v) is 12.9. The van der Waals surface area contributed by atoms with E-state index in [2.05, 4.69) is 6.92 Å². The van der Waals surface area contributed by atoms with E-state index in [1.165, 1.54) is 32.1 Å². The van der Waals surface area contributed by atoms with Gasteiger partial charge in [-0.2, -0.15) is 0 Å². The summed E-state index contributed by atoms with van der Waals surface area (Å²) >= 11 is 0. The Kier molecular flexibility index (Phi) is 6.14. The highest BCUT2D eigenvalue weighted by molar-refractivity contribution is 5.81. The fraction of sp³-hybridized carbons (Fsp3) is 0.889. The number of cyclic esters (lactones) is 1. The van der Waals surface area contributed by atoms with Crippen molar-refractivity contribution in [1.82, 2.24) is 0 Å². The second-order valence-corrected chi connectivity index (χ2v) is 12.8. The van der Waals surface area contributed by atoms with Crippen LogP contribution in [-0.2, 0) is 28.6 Å². The van der Waals surface area contributed by atoms with Gasteiger partial charge in [-0.15, -0.1) is 0 Å². The molecule has 5 rings (SSSR count). The maximum atomic E-state index is 13.7. The average Bonchev–Trinajstić information content (AvgIpc) is 2.70. The first kappa shape index (κ1) is 24.5. The molecule has 6 nitrogen and oxygen atoms in total. The number of carbonyl (C=O) groups is 3. The van der Waals surface area contributed by atoms with E-state index in [1.807, 2.05) is 27.7 Å². The third-order valence-electron chi connectivity index (χ3n) is 9.48. The normalized spacial score (nSPS) is 39.5. The van der Waals surface area contributed by atoms with E-state index >= 15 is 0 Å². The van der Waals surface area contributed by atoms with Gasteiger partial charge in [-0.1, -0.05) is 6.92 Å². The van der Waals surface area contributed by atoms with Crippen molar-refractivity contribution in [3.63, 3.8) is 0 Å². The highest BCUT2D eigenvalue weighted by Gasteiger charge is 2.58. The summed E-state index contributed by atoms with van der Waals surface area (Å²) in [5.41, 5.74) is -2.92. The number of esters is 3. The molecule has 186 valence electrons. The van der Waals surface area contributed by atoms with Gasteiger partial charge in [0, 0.05) is 6.42 Å². The van der Waals surface area contributed by atoms with Gasteiger partial charge in [0.2, 0.25) is 0 Å². The van der Waals surface area contributed by atoms with Gasteiger partial charge in [0.1, 0.15) is 11.2 Å². The summed E-state index contributed by atoms with van der Waals surface area (Å²) in [5, 5.41) is 0. The van der Waals surface area contributed by atoms with Gasteiger partial charge in [-0.05, 0) is 103 Å². The van der Waals surface area contributed by atoms with Gasteiger partial charge in [0.05, 0.1) is 23.9 Å². The van der Waals surface area contributed by atoms with E-state index in [4.69, 9.17) is 14.2 Å². The third kappa shape index (κ3) is 4.55. The lowest BCUT2D eigenvalue weighted by Gasteiger charge is -2.59. The summed E-state index contributed by atoms with van der Waals surface area (Å²) in [6.45, 7) is 11.8. The topological polar surface area (TPSA) is 78.9 Å². The minimum absolute atomic E-state index is 0.0605. The van der Waals surface area contributed by atoms with Gasteiger partial charge < -0.3 is 14.2 Å². The summed E-state index contributed by atoms with van der Waals surface area (Å²) in [7, 11) is 0. The monoisotopic (exact) mass is 462 g/mol. The van der Waals surface area contributed by atoms with Crippen LogP contribution in [0.15, 0.2) is 0 Å². The molecular weight excluding hydrogens is 420 g/mol. The molecule has 4 saturated carbocycles. The quantitative estimate of drug-likeness (QED) is 0.381. The maximum absolute atomic E-state index is 13.7. The number of hydrogen-bond acceptors (Lipinski definition) is 6. The molecule has 1 aliphatic heterocycles. The summed E-state index contributed by atoms with van der Waals surface area (Å²) < 4.78 is 17.3. The molecule has 2 unspecified atom stereocenters. The standard InChI is InChI=1S/C27H42O6/c1-7-25(4,16-24(2,3)22(29)32-26(5)8-9-31-21(28)15-26)23(30)33-27(6)19-11-17-10-18(13-19)14-20(27)12-17/h17-20H,7-16H2,1-6H3. The van der Waals surface area contributed by atoms with Gasteiger partial charge in [0.15, 0.2) is 0 Å². The molecule has 5 aliphatic rings. The molecule has 4 aliphatic carbocycles. The van der Waals surface area contributed by atoms with Gasteiger partial charge >= 0.3 is 17.9 Å². The second-order valence-electron chi connectivity index (χ2n) is 12.8. The minimum atomic E-state index is -0.890. The van der Waals surface area contributed by atoms with Crippen molar-refractivity contribution in [3.8, 4) is 0 Å². The third-order valence-corrected chi connectivity index (χ3v) is 9.48. The summed E-state index contributed by atoms with van der Waals surface area (Å²) in [4.78, 5) is 38.6. The summed E-state index contributed by atoms with van der Waals surface area (Å²) in [6.07, 6.45) is 7.54. The molecule has 6 heteroatoms. The highest BCUT2D eigenvalue weighted by Crippen LogP contribution is 2.60. The summed E-state index contributed by atoms with van der Waals surface area (Å²) in [6, 6.07) is 0. The van der Waals surface area contributed by atoms with Crippen molar-refractivity contribution in [1.29, 1.82) is 0 Å². The van der Waals surface area contributed by atoms with E-state index in [-0.39, 0.29) is 36.5 Å². The molecule has 33 heavy (non-hydrogen) atoms. The van der Waals surface area contributed by atoms with E-state index in [9.17, 15) is 14.4 Å². The molecule has 0 radical (unpaired) electrons. The molecule has 1 heterocycles. The van der Waals surface area contributed by atoms with E-state index in [1.54, 1.807) is 6.92 Å². The molecule has 0 amide bonds. The number of rotatable bonds is 7. The van der Waals surface area contributed by atoms with E-state index in [0.29, 0.717) is 31.1 Å². The van der Waals surface area contributed by atoms with Crippen LogP contribution in [0.3, 0.4) is 0 Å². The van der Waals surface area contributed by atoms with E-state index in [0.717, 1.165) is 11.8 Å². The predicted octanol–water partition coefficient (Wildman–Crippen LogP) is 5.22. The molecule has 0 spiro atoms. The Balaban J connectivity index is 1.44. The fourth-order valence-electron chi connectivity index (χ4n) is 7.27. The first-order valence-electron chi connectivity index (χ1n) is 12.9. The Morgan fingerprint density at radius 2 is 1.55 bits per heavy atom. The lowest BCUT2D eigenvalue weighted by Crippen LogP contribution is -2.59. The minimum Gasteiger partial charge on any atom is -0.465 e. The van der Waals surface area contributed by atoms with Crippen LogP contribution in [0.2, 0.25) is 0 Å². The number of ether oxygens (including phenoxy) is 3. The SMILES string of the molecule is CCC(C)(CC(C)(C)C(=O)OC1(C)CCOC(=O)C1)C(=O)OC1(C)C2CC3CC(C2)CC1C3. The van der Waals surface area contributed by atoms with Crippen LogP contribution >= 0.6 is 0 Å². The van der Waals surface area contributed by atoms with Gasteiger partial charge in [0.25, 0.3) is 0 Å². The summed E-state index contributed by atoms with van der Waals surface area (Å²) in [5.74, 6) is 1.63. The van der Waals surface area contributed by atoms with Crippen LogP contribution in [0.4, 0.5) is 0 Å². The molecule has 4 bridgehead atoms. The van der Waals surface area contributed by atoms with Crippen LogP contribution in [0.1, 0.15) is 99.3 Å². The average molecular weight is 463 g/mol. The van der Waals surface area contributed by atoms with Crippen molar-refractivity contribution >= 4 is 17.9 Å². The predicted molar refractivity (Wildman–Crippen MR) is 123 cm³/mol. The molecule has 1 saturated heterocycles. The van der Waals surface area contributed by atoms with Crippen molar-refractivity contribution in [2.45, 2.75) is 111 Å². The van der Waals surface area contributed by atoms with Crippen molar-refractivity contribution in [2.75, 3.05) is 6.61 Å². The van der Waals surface area contributed by atoms with Crippen LogP contribution < -0.4 is 0 Å². The van der Waals surface area contributed by atoms with Crippen molar-refractivity contribution in [2.24, 2.45) is 34.5 Å². The molecule has 0 aromatic heterocycles. The Labute approximate surface area is 198 Å². The Morgan fingerprint density at radius 3 is 2.06 bits per heavy atom. The van der Waals surface area contributed by atoms with Crippen LogP contribution in [0.5, 0.6) is 0 Å². The zero-order chi connectivity index (χ0) is 24.2. The lowest BCUT2D eigenvalue weighted by molar-refractivity contribution is -0.214.